The van der Waals surface area contributed by atoms with Crippen LogP contribution in [-0.4, -0.2) is 7.11 Å². The van der Waals surface area contributed by atoms with E-state index in [1.54, 1.807) is 13.2 Å². The van der Waals surface area contributed by atoms with Crippen molar-refractivity contribution in [2.45, 2.75) is 19.3 Å². The molecule has 0 aliphatic heterocycles. The molecule has 1 aromatic rings. The van der Waals surface area contributed by atoms with E-state index in [1.165, 1.54) is 0 Å². The number of halogens is 1. The van der Waals surface area contributed by atoms with Gasteiger partial charge in [0.05, 0.1) is 23.6 Å². The third-order valence-electron chi connectivity index (χ3n) is 2.12. The van der Waals surface area contributed by atoms with E-state index >= 15 is 0 Å². The quantitative estimate of drug-likeness (QED) is 0.750. The van der Waals surface area contributed by atoms with E-state index in [1.807, 2.05) is 26.0 Å². The van der Waals surface area contributed by atoms with Gasteiger partial charge >= 0.3 is 0 Å². The lowest BCUT2D eigenvalue weighted by Gasteiger charge is -2.19. The molecule has 0 aliphatic carbocycles. The Kier molecular flexibility index (Phi) is 3.03. The fraction of sp³-hybridized carbons (Fsp3) is 0.364. The van der Waals surface area contributed by atoms with Gasteiger partial charge in [0.2, 0.25) is 0 Å². The summed E-state index contributed by atoms with van der Waals surface area (Å²) in [7, 11) is 1.55. The van der Waals surface area contributed by atoms with Gasteiger partial charge in [-0.25, -0.2) is 0 Å². The van der Waals surface area contributed by atoms with Gasteiger partial charge in [-0.15, -0.1) is 0 Å². The molecule has 14 heavy (non-hydrogen) atoms. The number of para-hydroxylation sites is 1. The molecule has 74 valence electrons. The van der Waals surface area contributed by atoms with Crippen LogP contribution < -0.4 is 4.74 Å². The molecule has 0 aliphatic rings. The molecular weight excluding hydrogens is 198 g/mol. The van der Waals surface area contributed by atoms with Crippen LogP contribution in [0.2, 0.25) is 5.02 Å². The maximum absolute atomic E-state index is 9.01. The summed E-state index contributed by atoms with van der Waals surface area (Å²) in [6.07, 6.45) is 0. The summed E-state index contributed by atoms with van der Waals surface area (Å²) in [6, 6.07) is 7.64. The van der Waals surface area contributed by atoms with Gasteiger partial charge in [0.15, 0.2) is 0 Å². The van der Waals surface area contributed by atoms with E-state index in [0.717, 1.165) is 5.56 Å². The molecule has 2 nitrogen and oxygen atoms in total. The number of nitrogens with zero attached hydrogens (tertiary/aromatic N) is 1. The van der Waals surface area contributed by atoms with E-state index in [4.69, 9.17) is 21.6 Å². The summed E-state index contributed by atoms with van der Waals surface area (Å²) in [5.41, 5.74) is 0.228. The lowest BCUT2D eigenvalue weighted by atomic mass is 9.86. The molecule has 1 rings (SSSR count). The second-order valence-electron chi connectivity index (χ2n) is 3.56. The number of ether oxygens (including phenoxy) is 1. The molecule has 3 heteroatoms. The van der Waals surface area contributed by atoms with Crippen molar-refractivity contribution in [2.24, 2.45) is 0 Å². The van der Waals surface area contributed by atoms with Crippen LogP contribution >= 0.6 is 11.6 Å². The smallest absolute Gasteiger partial charge is 0.142 e. The number of hydrogen-bond donors (Lipinski definition) is 0. The molecule has 0 N–H and O–H groups in total. The predicted octanol–water partition coefficient (Wildman–Crippen LogP) is 3.15. The number of rotatable bonds is 2. The van der Waals surface area contributed by atoms with Gasteiger partial charge in [0.25, 0.3) is 0 Å². The summed E-state index contributed by atoms with van der Waals surface area (Å²) >= 11 is 5.96. The molecule has 0 radical (unpaired) electrons. The van der Waals surface area contributed by atoms with E-state index in [-0.39, 0.29) is 0 Å². The minimum absolute atomic E-state index is 0.535. The molecule has 0 atom stereocenters. The van der Waals surface area contributed by atoms with Crippen molar-refractivity contribution in [3.63, 3.8) is 0 Å². The summed E-state index contributed by atoms with van der Waals surface area (Å²) in [6.45, 7) is 3.67. The Morgan fingerprint density at radius 1 is 1.43 bits per heavy atom. The normalized spacial score (nSPS) is 10.8. The highest BCUT2D eigenvalue weighted by atomic mass is 35.5. The predicted molar refractivity (Wildman–Crippen MR) is 56.6 cm³/mol. The molecule has 0 bridgehead atoms. The van der Waals surface area contributed by atoms with Crippen molar-refractivity contribution in [1.29, 1.82) is 5.26 Å². The van der Waals surface area contributed by atoms with Crippen LogP contribution in [-0.2, 0) is 5.41 Å². The summed E-state index contributed by atoms with van der Waals surface area (Å²) in [5, 5.41) is 9.55. The second-order valence-corrected chi connectivity index (χ2v) is 3.96. The minimum atomic E-state index is -0.587. The standard InChI is InChI=1S/C11H12ClNO/c1-11(2,7-13)8-5-4-6-9(12)10(8)14-3/h4-6H,1-3H3. The zero-order valence-corrected chi connectivity index (χ0v) is 9.22. The minimum Gasteiger partial charge on any atom is -0.495 e. The topological polar surface area (TPSA) is 33.0 Å². The first-order chi connectivity index (χ1) is 6.53. The van der Waals surface area contributed by atoms with Crippen LogP contribution in [0.15, 0.2) is 18.2 Å². The molecule has 0 aromatic heterocycles. The van der Waals surface area contributed by atoms with Crippen LogP contribution in [0.4, 0.5) is 0 Å². The van der Waals surface area contributed by atoms with E-state index in [0.29, 0.717) is 10.8 Å². The number of methoxy groups -OCH3 is 1. The van der Waals surface area contributed by atoms with E-state index in [9.17, 15) is 0 Å². The van der Waals surface area contributed by atoms with Crippen LogP contribution in [0.1, 0.15) is 19.4 Å². The SMILES string of the molecule is COc1c(Cl)cccc1C(C)(C)C#N. The zero-order valence-electron chi connectivity index (χ0n) is 8.47. The van der Waals surface area contributed by atoms with Crippen molar-refractivity contribution < 1.29 is 4.74 Å². The van der Waals surface area contributed by atoms with Crippen LogP contribution in [0, 0.1) is 11.3 Å². The lowest BCUT2D eigenvalue weighted by molar-refractivity contribution is 0.403. The number of nitriles is 1. The Hall–Kier alpha value is -1.20. The highest BCUT2D eigenvalue weighted by molar-refractivity contribution is 6.32. The van der Waals surface area contributed by atoms with Gasteiger partial charge in [-0.3, -0.25) is 0 Å². The monoisotopic (exact) mass is 209 g/mol. The average Bonchev–Trinajstić information content (AvgIpc) is 2.17. The van der Waals surface area contributed by atoms with Gasteiger partial charge in [0.1, 0.15) is 5.75 Å². The fourth-order valence-electron chi connectivity index (χ4n) is 1.27. The third-order valence-corrected chi connectivity index (χ3v) is 2.42. The molecular formula is C11H12ClNO. The van der Waals surface area contributed by atoms with E-state index < -0.39 is 5.41 Å². The van der Waals surface area contributed by atoms with E-state index in [2.05, 4.69) is 6.07 Å². The Morgan fingerprint density at radius 2 is 2.07 bits per heavy atom. The molecule has 0 saturated heterocycles. The maximum Gasteiger partial charge on any atom is 0.142 e. The van der Waals surface area contributed by atoms with Crippen molar-refractivity contribution in [3.8, 4) is 11.8 Å². The van der Waals surface area contributed by atoms with Gasteiger partial charge in [0, 0.05) is 5.56 Å². The largest absolute Gasteiger partial charge is 0.495 e. The first-order valence-corrected chi connectivity index (χ1v) is 4.65. The summed E-state index contributed by atoms with van der Waals surface area (Å²) in [5.74, 6) is 0.584. The van der Waals surface area contributed by atoms with Crippen LogP contribution in [0.3, 0.4) is 0 Å². The Labute approximate surface area is 89.1 Å². The number of benzene rings is 1. The molecule has 0 amide bonds. The molecule has 0 fully saturated rings. The second kappa shape index (κ2) is 3.89. The van der Waals surface area contributed by atoms with Crippen molar-refractivity contribution in [2.75, 3.05) is 7.11 Å². The average molecular weight is 210 g/mol. The third kappa shape index (κ3) is 1.83. The lowest BCUT2D eigenvalue weighted by Crippen LogP contribution is -2.15. The fourth-order valence-corrected chi connectivity index (χ4v) is 1.52. The zero-order chi connectivity index (χ0) is 10.8. The summed E-state index contributed by atoms with van der Waals surface area (Å²) < 4.78 is 5.18. The molecule has 0 spiro atoms. The van der Waals surface area contributed by atoms with Gasteiger partial charge < -0.3 is 4.74 Å². The van der Waals surface area contributed by atoms with Crippen LogP contribution in [0.5, 0.6) is 5.75 Å². The van der Waals surface area contributed by atoms with Crippen molar-refractivity contribution >= 4 is 11.6 Å². The maximum atomic E-state index is 9.01. The van der Waals surface area contributed by atoms with Gasteiger partial charge in [-0.2, -0.15) is 5.26 Å². The number of hydrogen-bond acceptors (Lipinski definition) is 2. The van der Waals surface area contributed by atoms with Crippen molar-refractivity contribution in [3.05, 3.63) is 28.8 Å². The Morgan fingerprint density at radius 3 is 2.57 bits per heavy atom. The highest BCUT2D eigenvalue weighted by Crippen LogP contribution is 2.36. The first kappa shape index (κ1) is 10.9. The highest BCUT2D eigenvalue weighted by Gasteiger charge is 2.24. The molecule has 0 unspecified atom stereocenters. The Balaban J connectivity index is 3.36. The Bertz CT molecular complexity index is 379. The molecule has 0 saturated carbocycles. The summed E-state index contributed by atoms with van der Waals surface area (Å²) in [4.78, 5) is 0. The molecule has 1 aromatic carbocycles. The van der Waals surface area contributed by atoms with Crippen LogP contribution in [0.25, 0.3) is 0 Å². The van der Waals surface area contributed by atoms with Gasteiger partial charge in [-0.1, -0.05) is 23.7 Å². The van der Waals surface area contributed by atoms with Crippen molar-refractivity contribution in [1.82, 2.24) is 0 Å². The molecule has 0 heterocycles. The van der Waals surface area contributed by atoms with Gasteiger partial charge in [-0.05, 0) is 19.9 Å². The first-order valence-electron chi connectivity index (χ1n) is 4.27.